The van der Waals surface area contributed by atoms with E-state index in [0.717, 1.165) is 18.4 Å². The van der Waals surface area contributed by atoms with Gasteiger partial charge >= 0.3 is 5.97 Å². The van der Waals surface area contributed by atoms with Crippen LogP contribution in [0.3, 0.4) is 0 Å². The molecule has 6 heteroatoms. The molecule has 2 amide bonds. The van der Waals surface area contributed by atoms with Crippen molar-refractivity contribution in [1.82, 2.24) is 10.6 Å². The number of ether oxygens (including phenoxy) is 1. The van der Waals surface area contributed by atoms with Gasteiger partial charge in [0.25, 0.3) is 5.91 Å². The van der Waals surface area contributed by atoms with Crippen molar-refractivity contribution < 1.29 is 19.1 Å². The molecule has 124 valence electrons. The van der Waals surface area contributed by atoms with Crippen LogP contribution in [-0.2, 0) is 25.5 Å². The van der Waals surface area contributed by atoms with E-state index >= 15 is 0 Å². The van der Waals surface area contributed by atoms with Crippen molar-refractivity contribution in [2.24, 2.45) is 0 Å². The first-order chi connectivity index (χ1) is 11.0. The minimum Gasteiger partial charge on any atom is -0.452 e. The summed E-state index contributed by atoms with van der Waals surface area (Å²) < 4.78 is 5.04. The van der Waals surface area contributed by atoms with E-state index in [0.29, 0.717) is 0 Å². The highest BCUT2D eigenvalue weighted by molar-refractivity contribution is 5.84. The molecule has 0 bridgehead atoms. The second-order valence-corrected chi connectivity index (χ2v) is 5.68. The number of amides is 2. The lowest BCUT2D eigenvalue weighted by atomic mass is 10.1. The Morgan fingerprint density at radius 1 is 1.22 bits per heavy atom. The molecule has 1 fully saturated rings. The maximum Gasteiger partial charge on any atom is 0.308 e. The Morgan fingerprint density at radius 3 is 2.57 bits per heavy atom. The third kappa shape index (κ3) is 6.50. The molecule has 0 aromatic heterocycles. The van der Waals surface area contributed by atoms with Crippen molar-refractivity contribution in [3.05, 3.63) is 35.9 Å². The zero-order valence-electron chi connectivity index (χ0n) is 13.2. The van der Waals surface area contributed by atoms with Gasteiger partial charge in [0.2, 0.25) is 5.91 Å². The lowest BCUT2D eigenvalue weighted by Gasteiger charge is -2.13. The van der Waals surface area contributed by atoms with E-state index in [1.807, 2.05) is 30.3 Å². The summed E-state index contributed by atoms with van der Waals surface area (Å²) in [4.78, 5) is 35.0. The average molecular weight is 318 g/mol. The molecule has 1 saturated carbocycles. The van der Waals surface area contributed by atoms with Crippen molar-refractivity contribution in [1.29, 1.82) is 0 Å². The molecule has 2 N–H and O–H groups in total. The van der Waals surface area contributed by atoms with Gasteiger partial charge < -0.3 is 15.4 Å². The average Bonchev–Trinajstić information content (AvgIpc) is 3.32. The highest BCUT2D eigenvalue weighted by atomic mass is 16.5. The predicted octanol–water partition coefficient (Wildman–Crippen LogP) is 0.946. The summed E-state index contributed by atoms with van der Waals surface area (Å²) >= 11 is 0. The standard InChI is InChI=1S/C17H22N2O4/c1-12(17(22)19-14-7-8-14)23-16(21)9-10-18-15(20)11-13-5-3-2-4-6-13/h2-6,12,14H,7-11H2,1H3,(H,18,20)(H,19,22). The Labute approximate surface area is 135 Å². The van der Waals surface area contributed by atoms with Crippen molar-refractivity contribution in [2.75, 3.05) is 6.54 Å². The summed E-state index contributed by atoms with van der Waals surface area (Å²) in [6, 6.07) is 9.60. The second-order valence-electron chi connectivity index (χ2n) is 5.68. The van der Waals surface area contributed by atoms with Crippen LogP contribution in [0.4, 0.5) is 0 Å². The predicted molar refractivity (Wildman–Crippen MR) is 84.5 cm³/mol. The Balaban J connectivity index is 1.60. The Kier molecular flexibility index (Phi) is 6.14. The molecule has 1 aromatic carbocycles. The molecular formula is C17H22N2O4. The number of esters is 1. The highest BCUT2D eigenvalue weighted by Crippen LogP contribution is 2.18. The van der Waals surface area contributed by atoms with Gasteiger partial charge in [-0.15, -0.1) is 0 Å². The molecule has 0 radical (unpaired) electrons. The van der Waals surface area contributed by atoms with Crippen LogP contribution in [0.15, 0.2) is 30.3 Å². The molecule has 0 spiro atoms. The molecule has 0 saturated heterocycles. The normalized spacial score (nSPS) is 14.7. The van der Waals surface area contributed by atoms with Gasteiger partial charge in [0, 0.05) is 12.6 Å². The summed E-state index contributed by atoms with van der Waals surface area (Å²) in [5.74, 6) is -0.916. The van der Waals surface area contributed by atoms with Crippen molar-refractivity contribution >= 4 is 17.8 Å². The molecule has 0 heterocycles. The number of carbonyl (C=O) groups is 3. The quantitative estimate of drug-likeness (QED) is 0.699. The van der Waals surface area contributed by atoms with Gasteiger partial charge in [-0.3, -0.25) is 14.4 Å². The number of hydrogen-bond acceptors (Lipinski definition) is 4. The van der Waals surface area contributed by atoms with E-state index in [9.17, 15) is 14.4 Å². The fraction of sp³-hybridized carbons (Fsp3) is 0.471. The maximum absolute atomic E-state index is 11.7. The van der Waals surface area contributed by atoms with Gasteiger partial charge in [0.05, 0.1) is 12.8 Å². The second kappa shape index (κ2) is 8.31. The van der Waals surface area contributed by atoms with E-state index in [1.54, 1.807) is 6.92 Å². The highest BCUT2D eigenvalue weighted by Gasteiger charge is 2.27. The molecule has 6 nitrogen and oxygen atoms in total. The van der Waals surface area contributed by atoms with Crippen molar-refractivity contribution in [3.8, 4) is 0 Å². The zero-order valence-corrected chi connectivity index (χ0v) is 13.2. The lowest BCUT2D eigenvalue weighted by Crippen LogP contribution is -2.37. The first kappa shape index (κ1) is 17.0. The van der Waals surface area contributed by atoms with E-state index in [-0.39, 0.29) is 37.2 Å². The van der Waals surface area contributed by atoms with Crippen LogP contribution in [0.1, 0.15) is 31.7 Å². The van der Waals surface area contributed by atoms with E-state index in [4.69, 9.17) is 4.74 Å². The number of hydrogen-bond donors (Lipinski definition) is 2. The van der Waals surface area contributed by atoms with Gasteiger partial charge in [0.1, 0.15) is 0 Å². The van der Waals surface area contributed by atoms with Crippen LogP contribution in [0.2, 0.25) is 0 Å². The van der Waals surface area contributed by atoms with Crippen LogP contribution in [-0.4, -0.2) is 36.5 Å². The van der Waals surface area contributed by atoms with Crippen LogP contribution < -0.4 is 10.6 Å². The SMILES string of the molecule is CC(OC(=O)CCNC(=O)Cc1ccccc1)C(=O)NC1CC1. The third-order valence-electron chi connectivity index (χ3n) is 3.46. The molecule has 0 aliphatic heterocycles. The fourth-order valence-electron chi connectivity index (χ4n) is 2.00. The number of nitrogens with one attached hydrogen (secondary N) is 2. The Morgan fingerprint density at radius 2 is 1.91 bits per heavy atom. The van der Waals surface area contributed by atoms with Crippen molar-refractivity contribution in [2.45, 2.75) is 44.8 Å². The minimum atomic E-state index is -0.803. The van der Waals surface area contributed by atoms with Gasteiger partial charge in [0.15, 0.2) is 6.10 Å². The van der Waals surface area contributed by atoms with Gasteiger partial charge in [-0.2, -0.15) is 0 Å². The first-order valence-corrected chi connectivity index (χ1v) is 7.85. The molecule has 1 atom stereocenters. The maximum atomic E-state index is 11.7. The summed E-state index contributed by atoms with van der Waals surface area (Å²) in [5, 5.41) is 5.44. The smallest absolute Gasteiger partial charge is 0.308 e. The summed E-state index contributed by atoms with van der Waals surface area (Å²) in [7, 11) is 0. The van der Waals surface area contributed by atoms with Gasteiger partial charge in [-0.1, -0.05) is 30.3 Å². The number of benzene rings is 1. The first-order valence-electron chi connectivity index (χ1n) is 7.85. The zero-order chi connectivity index (χ0) is 16.7. The van der Waals surface area contributed by atoms with E-state index in [1.165, 1.54) is 0 Å². The Hall–Kier alpha value is -2.37. The van der Waals surface area contributed by atoms with E-state index in [2.05, 4.69) is 10.6 Å². The lowest BCUT2D eigenvalue weighted by molar-refractivity contribution is -0.154. The molecule has 23 heavy (non-hydrogen) atoms. The number of carbonyl (C=O) groups excluding carboxylic acids is 3. The van der Waals surface area contributed by atoms with Crippen LogP contribution in [0.25, 0.3) is 0 Å². The van der Waals surface area contributed by atoms with Gasteiger partial charge in [-0.05, 0) is 25.3 Å². The number of rotatable bonds is 8. The monoisotopic (exact) mass is 318 g/mol. The molecular weight excluding hydrogens is 296 g/mol. The molecule has 1 aliphatic carbocycles. The van der Waals surface area contributed by atoms with Gasteiger partial charge in [-0.25, -0.2) is 0 Å². The largest absolute Gasteiger partial charge is 0.452 e. The fourth-order valence-corrected chi connectivity index (χ4v) is 2.00. The van der Waals surface area contributed by atoms with E-state index < -0.39 is 12.1 Å². The third-order valence-corrected chi connectivity index (χ3v) is 3.46. The molecule has 2 rings (SSSR count). The summed E-state index contributed by atoms with van der Waals surface area (Å²) in [6.07, 6.45) is 1.49. The molecule has 1 unspecified atom stereocenters. The van der Waals surface area contributed by atoms with Crippen molar-refractivity contribution in [3.63, 3.8) is 0 Å². The van der Waals surface area contributed by atoms with Crippen LogP contribution in [0, 0.1) is 0 Å². The summed E-state index contributed by atoms with van der Waals surface area (Å²) in [5.41, 5.74) is 0.915. The Bertz CT molecular complexity index is 555. The molecule has 1 aliphatic rings. The molecule has 1 aromatic rings. The summed E-state index contributed by atoms with van der Waals surface area (Å²) in [6.45, 7) is 1.74. The minimum absolute atomic E-state index is 0.0432. The topological polar surface area (TPSA) is 84.5 Å². The van der Waals surface area contributed by atoms with Crippen LogP contribution in [0.5, 0.6) is 0 Å². The van der Waals surface area contributed by atoms with Crippen LogP contribution >= 0.6 is 0 Å².